The summed E-state index contributed by atoms with van der Waals surface area (Å²) in [6, 6.07) is 6.05. The van der Waals surface area contributed by atoms with Crippen LogP contribution in [0.15, 0.2) is 18.2 Å². The van der Waals surface area contributed by atoms with Crippen molar-refractivity contribution in [1.29, 1.82) is 0 Å². The Morgan fingerprint density at radius 1 is 1.30 bits per heavy atom. The van der Waals surface area contributed by atoms with E-state index in [0.717, 1.165) is 30.9 Å². The van der Waals surface area contributed by atoms with E-state index in [4.69, 9.17) is 5.73 Å². The van der Waals surface area contributed by atoms with E-state index in [0.29, 0.717) is 6.04 Å². The fourth-order valence-corrected chi connectivity index (χ4v) is 2.83. The van der Waals surface area contributed by atoms with Crippen LogP contribution in [0.3, 0.4) is 0 Å². The van der Waals surface area contributed by atoms with Crippen LogP contribution in [0.25, 0.3) is 0 Å². The van der Waals surface area contributed by atoms with Crippen LogP contribution in [0.1, 0.15) is 44.6 Å². The summed E-state index contributed by atoms with van der Waals surface area (Å²) in [6.45, 7) is 3.23. The normalized spacial score (nSPS) is 19.9. The molecular weight excluding hydrogens is 251 g/mol. The molecule has 0 spiro atoms. The molecule has 0 aliphatic heterocycles. The average molecular weight is 276 g/mol. The van der Waals surface area contributed by atoms with Gasteiger partial charge in [-0.15, -0.1) is 0 Å². The molecule has 2 aliphatic carbocycles. The Balaban J connectivity index is 1.84. The molecule has 20 heavy (non-hydrogen) atoms. The second-order valence-corrected chi connectivity index (χ2v) is 6.47. The van der Waals surface area contributed by atoms with E-state index in [1.807, 2.05) is 6.07 Å². The molecule has 0 saturated heterocycles. The molecule has 2 aliphatic rings. The van der Waals surface area contributed by atoms with Gasteiger partial charge >= 0.3 is 0 Å². The van der Waals surface area contributed by atoms with Gasteiger partial charge in [0.1, 0.15) is 5.82 Å². The average Bonchev–Trinajstić information content (AvgIpc) is 3.29. The van der Waals surface area contributed by atoms with E-state index in [1.54, 1.807) is 12.1 Å². The van der Waals surface area contributed by atoms with Gasteiger partial charge in [0.2, 0.25) is 0 Å². The van der Waals surface area contributed by atoms with Crippen molar-refractivity contribution in [3.8, 4) is 0 Å². The molecule has 0 radical (unpaired) electrons. The topological polar surface area (TPSA) is 29.3 Å². The van der Waals surface area contributed by atoms with Gasteiger partial charge in [-0.3, -0.25) is 0 Å². The standard InChI is InChI=1S/C17H25FN2/c1-2-15(19)10-13-9-14(18)5-8-17(13)20(16-6-7-16)11-12-3-4-12/h5,8-9,12,15-16H,2-4,6-7,10-11,19H2,1H3. The first-order valence-corrected chi connectivity index (χ1v) is 7.98. The van der Waals surface area contributed by atoms with Crippen LogP contribution in [-0.2, 0) is 6.42 Å². The van der Waals surface area contributed by atoms with Crippen molar-refractivity contribution < 1.29 is 4.39 Å². The predicted octanol–water partition coefficient (Wildman–Crippen LogP) is 3.48. The molecule has 1 atom stereocenters. The molecule has 0 heterocycles. The fourth-order valence-electron chi connectivity index (χ4n) is 2.83. The maximum absolute atomic E-state index is 13.6. The van der Waals surface area contributed by atoms with E-state index in [-0.39, 0.29) is 11.9 Å². The fraction of sp³-hybridized carbons (Fsp3) is 0.647. The molecule has 3 rings (SSSR count). The summed E-state index contributed by atoms with van der Waals surface area (Å²) in [6.07, 6.45) is 6.98. The number of hydrogen-bond acceptors (Lipinski definition) is 2. The highest BCUT2D eigenvalue weighted by Gasteiger charge is 2.34. The zero-order chi connectivity index (χ0) is 14.1. The van der Waals surface area contributed by atoms with Gasteiger partial charge in [0, 0.05) is 24.3 Å². The highest BCUT2D eigenvalue weighted by molar-refractivity contribution is 5.56. The first kappa shape index (κ1) is 13.9. The summed E-state index contributed by atoms with van der Waals surface area (Å²) in [5, 5.41) is 0. The largest absolute Gasteiger partial charge is 0.368 e. The molecular formula is C17H25FN2. The lowest BCUT2D eigenvalue weighted by Crippen LogP contribution is -2.30. The second-order valence-electron chi connectivity index (χ2n) is 6.47. The van der Waals surface area contributed by atoms with E-state index in [2.05, 4.69) is 11.8 Å². The minimum absolute atomic E-state index is 0.123. The minimum atomic E-state index is -0.144. The smallest absolute Gasteiger partial charge is 0.123 e. The number of anilines is 1. The molecule has 2 fully saturated rings. The van der Waals surface area contributed by atoms with Gasteiger partial charge in [0.15, 0.2) is 0 Å². The number of benzene rings is 1. The van der Waals surface area contributed by atoms with Crippen LogP contribution in [-0.4, -0.2) is 18.6 Å². The van der Waals surface area contributed by atoms with Crippen molar-refractivity contribution in [1.82, 2.24) is 0 Å². The van der Waals surface area contributed by atoms with Crippen LogP contribution in [0, 0.1) is 11.7 Å². The number of halogens is 1. The van der Waals surface area contributed by atoms with Crippen LogP contribution in [0.2, 0.25) is 0 Å². The summed E-state index contributed by atoms with van der Waals surface area (Å²) in [7, 11) is 0. The molecule has 1 aromatic carbocycles. The van der Waals surface area contributed by atoms with Gasteiger partial charge in [0.05, 0.1) is 0 Å². The number of rotatable bonds is 7. The molecule has 2 saturated carbocycles. The number of nitrogens with zero attached hydrogens (tertiary/aromatic N) is 1. The maximum atomic E-state index is 13.6. The molecule has 2 N–H and O–H groups in total. The number of hydrogen-bond donors (Lipinski definition) is 1. The van der Waals surface area contributed by atoms with Crippen molar-refractivity contribution in [2.75, 3.05) is 11.4 Å². The molecule has 0 amide bonds. The summed E-state index contributed by atoms with van der Waals surface area (Å²) < 4.78 is 13.6. The molecule has 0 bridgehead atoms. The molecule has 3 heteroatoms. The SMILES string of the molecule is CCC(N)Cc1cc(F)ccc1N(CC1CC1)C1CC1. The predicted molar refractivity (Wildman–Crippen MR) is 81.5 cm³/mol. The molecule has 0 aromatic heterocycles. The van der Waals surface area contributed by atoms with Crippen molar-refractivity contribution >= 4 is 5.69 Å². The Morgan fingerprint density at radius 3 is 2.65 bits per heavy atom. The minimum Gasteiger partial charge on any atom is -0.368 e. The van der Waals surface area contributed by atoms with Crippen LogP contribution in [0.5, 0.6) is 0 Å². The van der Waals surface area contributed by atoms with Crippen LogP contribution >= 0.6 is 0 Å². The highest BCUT2D eigenvalue weighted by Crippen LogP contribution is 2.39. The van der Waals surface area contributed by atoms with E-state index >= 15 is 0 Å². The number of nitrogens with two attached hydrogens (primary N) is 1. The van der Waals surface area contributed by atoms with Crippen molar-refractivity contribution in [2.24, 2.45) is 11.7 Å². The lowest BCUT2D eigenvalue weighted by Gasteiger charge is -2.28. The Morgan fingerprint density at radius 2 is 2.05 bits per heavy atom. The molecule has 2 nitrogen and oxygen atoms in total. The first-order chi connectivity index (χ1) is 9.67. The van der Waals surface area contributed by atoms with Gasteiger partial charge in [0.25, 0.3) is 0 Å². The van der Waals surface area contributed by atoms with Gasteiger partial charge in [-0.25, -0.2) is 4.39 Å². The quantitative estimate of drug-likeness (QED) is 0.826. The Labute approximate surface area is 121 Å². The third-order valence-corrected chi connectivity index (χ3v) is 4.50. The summed E-state index contributed by atoms with van der Waals surface area (Å²) in [5.41, 5.74) is 8.40. The van der Waals surface area contributed by atoms with Crippen LogP contribution in [0.4, 0.5) is 10.1 Å². The second kappa shape index (κ2) is 5.72. The van der Waals surface area contributed by atoms with Crippen molar-refractivity contribution in [3.05, 3.63) is 29.6 Å². The molecule has 110 valence electrons. The third kappa shape index (κ3) is 3.32. The van der Waals surface area contributed by atoms with Gasteiger partial charge in [-0.05, 0) is 68.2 Å². The van der Waals surface area contributed by atoms with Gasteiger partial charge < -0.3 is 10.6 Å². The monoisotopic (exact) mass is 276 g/mol. The maximum Gasteiger partial charge on any atom is 0.123 e. The van der Waals surface area contributed by atoms with Gasteiger partial charge in [-0.2, -0.15) is 0 Å². The molecule has 1 aromatic rings. The highest BCUT2D eigenvalue weighted by atomic mass is 19.1. The van der Waals surface area contributed by atoms with E-state index < -0.39 is 0 Å². The van der Waals surface area contributed by atoms with E-state index in [1.165, 1.54) is 31.4 Å². The lowest BCUT2D eigenvalue weighted by atomic mass is 10.0. The Kier molecular flexibility index (Phi) is 3.97. The van der Waals surface area contributed by atoms with Crippen molar-refractivity contribution in [2.45, 2.75) is 57.5 Å². The summed E-state index contributed by atoms with van der Waals surface area (Å²) in [4.78, 5) is 2.52. The van der Waals surface area contributed by atoms with Gasteiger partial charge in [-0.1, -0.05) is 6.92 Å². The van der Waals surface area contributed by atoms with Crippen LogP contribution < -0.4 is 10.6 Å². The Hall–Kier alpha value is -1.09. The Bertz CT molecular complexity index is 466. The molecule has 1 unspecified atom stereocenters. The third-order valence-electron chi connectivity index (χ3n) is 4.50. The zero-order valence-corrected chi connectivity index (χ0v) is 12.3. The van der Waals surface area contributed by atoms with Crippen molar-refractivity contribution in [3.63, 3.8) is 0 Å². The summed E-state index contributed by atoms with van der Waals surface area (Å²) >= 11 is 0. The zero-order valence-electron chi connectivity index (χ0n) is 12.3. The summed E-state index contributed by atoms with van der Waals surface area (Å²) in [5.74, 6) is 0.711. The lowest BCUT2D eigenvalue weighted by molar-refractivity contribution is 0.611. The first-order valence-electron chi connectivity index (χ1n) is 7.98. The van der Waals surface area contributed by atoms with E-state index in [9.17, 15) is 4.39 Å².